The van der Waals surface area contributed by atoms with Gasteiger partial charge < -0.3 is 14.7 Å². The number of carboxylic acids is 1. The van der Waals surface area contributed by atoms with E-state index in [1.165, 1.54) is 22.3 Å². The Morgan fingerprint density at radius 2 is 1.41 bits per heavy atom. The maximum atomic E-state index is 12.9. The number of Topliss-reactive ketones (excluding diaryl/α,β-unsaturated/α-hetero) is 1. The summed E-state index contributed by atoms with van der Waals surface area (Å²) in [6.07, 6.45) is 1.04. The first-order chi connectivity index (χ1) is 18.0. The number of amides is 1. The van der Waals surface area contributed by atoms with Crippen LogP contribution >= 0.6 is 0 Å². The highest BCUT2D eigenvalue weighted by Gasteiger charge is 2.33. The number of carbonyl (C=O) groups is 3. The van der Waals surface area contributed by atoms with Crippen LogP contribution in [0.3, 0.4) is 0 Å². The highest BCUT2D eigenvalue weighted by molar-refractivity contribution is 5.86. The molecule has 0 spiro atoms. The number of nitrogens with zero attached hydrogens (tertiary/aromatic N) is 1. The SMILES string of the molecule is O=C(C[C@@H](Cc1ccccc1)C(=O)O)C1CCN(C(=O)OCC2c3ccccc3-c3ccccc32)CC1. The van der Waals surface area contributed by atoms with E-state index in [2.05, 4.69) is 24.3 Å². The summed E-state index contributed by atoms with van der Waals surface area (Å²) in [7, 11) is 0. The molecule has 1 amide bonds. The Labute approximate surface area is 216 Å². The van der Waals surface area contributed by atoms with Crippen LogP contribution in [0.25, 0.3) is 11.1 Å². The molecule has 1 N–H and O–H groups in total. The summed E-state index contributed by atoms with van der Waals surface area (Å²) in [4.78, 5) is 39.2. The lowest BCUT2D eigenvalue weighted by molar-refractivity contribution is -0.144. The Morgan fingerprint density at radius 3 is 2.00 bits per heavy atom. The second-order valence-electron chi connectivity index (χ2n) is 9.96. The molecule has 5 rings (SSSR count). The van der Waals surface area contributed by atoms with E-state index in [0.29, 0.717) is 32.4 Å². The Hall–Kier alpha value is -3.93. The Morgan fingerprint density at radius 1 is 0.838 bits per heavy atom. The van der Waals surface area contributed by atoms with Crippen molar-refractivity contribution in [1.29, 1.82) is 0 Å². The average molecular weight is 498 g/mol. The molecule has 3 aromatic carbocycles. The van der Waals surface area contributed by atoms with Crippen LogP contribution < -0.4 is 0 Å². The summed E-state index contributed by atoms with van der Waals surface area (Å²) >= 11 is 0. The standard InChI is InChI=1S/C31H31NO5/c33-29(19-23(30(34)35)18-21-8-2-1-3-9-21)22-14-16-32(17-15-22)31(36)37-20-28-26-12-6-4-10-24(26)25-11-5-7-13-27(25)28/h1-13,22-23,28H,14-20H2,(H,34,35)/t23-/m1/s1. The number of likely N-dealkylation sites (tertiary alicyclic amines) is 1. The van der Waals surface area contributed by atoms with Crippen LogP contribution in [0, 0.1) is 11.8 Å². The third kappa shape index (κ3) is 5.43. The molecule has 6 nitrogen and oxygen atoms in total. The lowest BCUT2D eigenvalue weighted by Crippen LogP contribution is -2.41. The number of carboxylic acid groups (broad SMARTS) is 1. The summed E-state index contributed by atoms with van der Waals surface area (Å²) in [6.45, 7) is 1.14. The summed E-state index contributed by atoms with van der Waals surface area (Å²) in [6, 6.07) is 25.8. The normalized spacial score (nSPS) is 16.1. The van der Waals surface area contributed by atoms with Gasteiger partial charge in [0.15, 0.2) is 0 Å². The number of rotatable bonds is 8. The van der Waals surface area contributed by atoms with E-state index in [1.807, 2.05) is 54.6 Å². The minimum atomic E-state index is -0.951. The quantitative estimate of drug-likeness (QED) is 0.441. The zero-order valence-electron chi connectivity index (χ0n) is 20.7. The first-order valence-corrected chi connectivity index (χ1v) is 12.9. The van der Waals surface area contributed by atoms with Gasteiger partial charge in [-0.1, -0.05) is 78.9 Å². The van der Waals surface area contributed by atoms with Crippen molar-refractivity contribution in [3.63, 3.8) is 0 Å². The van der Waals surface area contributed by atoms with Crippen molar-refractivity contribution in [1.82, 2.24) is 4.90 Å². The number of ketones is 1. The molecular weight excluding hydrogens is 466 g/mol. The highest BCUT2D eigenvalue weighted by Crippen LogP contribution is 2.44. The molecule has 0 bridgehead atoms. The molecule has 6 heteroatoms. The fraction of sp³-hybridized carbons (Fsp3) is 0.323. The van der Waals surface area contributed by atoms with Crippen molar-refractivity contribution in [2.24, 2.45) is 11.8 Å². The van der Waals surface area contributed by atoms with Gasteiger partial charge >= 0.3 is 12.1 Å². The average Bonchev–Trinajstić information content (AvgIpc) is 3.25. The summed E-state index contributed by atoms with van der Waals surface area (Å²) < 4.78 is 5.76. The first-order valence-electron chi connectivity index (χ1n) is 12.9. The van der Waals surface area contributed by atoms with E-state index >= 15 is 0 Å². The van der Waals surface area contributed by atoms with E-state index < -0.39 is 11.9 Å². The van der Waals surface area contributed by atoms with Crippen molar-refractivity contribution in [3.05, 3.63) is 95.6 Å². The third-order valence-corrected chi connectivity index (χ3v) is 7.67. The molecule has 37 heavy (non-hydrogen) atoms. The molecule has 1 atom stereocenters. The van der Waals surface area contributed by atoms with Crippen LogP contribution in [-0.2, 0) is 20.7 Å². The Bertz CT molecular complexity index is 1230. The van der Waals surface area contributed by atoms with Gasteiger partial charge in [-0.15, -0.1) is 0 Å². The molecule has 1 aliphatic heterocycles. The molecule has 0 radical (unpaired) electrons. The molecule has 1 fully saturated rings. The van der Waals surface area contributed by atoms with E-state index in [4.69, 9.17) is 4.74 Å². The van der Waals surface area contributed by atoms with Crippen LogP contribution in [-0.4, -0.2) is 47.5 Å². The molecule has 1 saturated heterocycles. The van der Waals surface area contributed by atoms with Crippen molar-refractivity contribution in [2.45, 2.75) is 31.6 Å². The van der Waals surface area contributed by atoms with Crippen molar-refractivity contribution in [2.75, 3.05) is 19.7 Å². The van der Waals surface area contributed by atoms with Gasteiger partial charge in [-0.3, -0.25) is 9.59 Å². The predicted octanol–water partition coefficient (Wildman–Crippen LogP) is 5.55. The van der Waals surface area contributed by atoms with E-state index in [-0.39, 0.29) is 36.7 Å². The summed E-state index contributed by atoms with van der Waals surface area (Å²) in [5.41, 5.74) is 5.62. The second-order valence-corrected chi connectivity index (χ2v) is 9.96. The minimum absolute atomic E-state index is 0.00744. The Kier molecular flexibility index (Phi) is 7.35. The van der Waals surface area contributed by atoms with Gasteiger partial charge in [0, 0.05) is 31.3 Å². The fourth-order valence-electron chi connectivity index (χ4n) is 5.62. The van der Waals surface area contributed by atoms with E-state index in [1.54, 1.807) is 4.90 Å². The van der Waals surface area contributed by atoms with Gasteiger partial charge in [0.25, 0.3) is 0 Å². The molecular formula is C31H31NO5. The maximum absolute atomic E-state index is 12.9. The second kappa shape index (κ2) is 11.0. The van der Waals surface area contributed by atoms with Crippen molar-refractivity contribution < 1.29 is 24.2 Å². The van der Waals surface area contributed by atoms with Gasteiger partial charge in [0.1, 0.15) is 12.4 Å². The zero-order valence-corrected chi connectivity index (χ0v) is 20.7. The number of hydrogen-bond acceptors (Lipinski definition) is 4. The number of piperidine rings is 1. The summed E-state index contributed by atoms with van der Waals surface area (Å²) in [5.74, 6) is -1.94. The predicted molar refractivity (Wildman–Crippen MR) is 140 cm³/mol. The van der Waals surface area contributed by atoms with Crippen LogP contribution in [0.2, 0.25) is 0 Å². The Balaban J connectivity index is 1.13. The number of benzene rings is 3. The van der Waals surface area contributed by atoms with Gasteiger partial charge in [0.2, 0.25) is 0 Å². The number of fused-ring (bicyclic) bond motifs is 3. The smallest absolute Gasteiger partial charge is 0.409 e. The molecule has 2 aliphatic rings. The number of ether oxygens (including phenoxy) is 1. The lowest BCUT2D eigenvalue weighted by Gasteiger charge is -2.31. The molecule has 1 heterocycles. The van der Waals surface area contributed by atoms with Crippen LogP contribution in [0.4, 0.5) is 4.79 Å². The van der Waals surface area contributed by atoms with E-state index in [0.717, 1.165) is 5.56 Å². The van der Waals surface area contributed by atoms with Gasteiger partial charge in [0.05, 0.1) is 5.92 Å². The lowest BCUT2D eigenvalue weighted by atomic mass is 9.85. The maximum Gasteiger partial charge on any atom is 0.409 e. The van der Waals surface area contributed by atoms with Crippen molar-refractivity contribution >= 4 is 17.8 Å². The number of carbonyl (C=O) groups excluding carboxylic acids is 2. The third-order valence-electron chi connectivity index (χ3n) is 7.67. The largest absolute Gasteiger partial charge is 0.481 e. The summed E-state index contributed by atoms with van der Waals surface area (Å²) in [5, 5.41) is 9.65. The van der Waals surface area contributed by atoms with Gasteiger partial charge in [-0.25, -0.2) is 4.79 Å². The van der Waals surface area contributed by atoms with Gasteiger partial charge in [-0.2, -0.15) is 0 Å². The van der Waals surface area contributed by atoms with E-state index in [9.17, 15) is 19.5 Å². The fourth-order valence-corrected chi connectivity index (χ4v) is 5.62. The van der Waals surface area contributed by atoms with Gasteiger partial charge in [-0.05, 0) is 47.1 Å². The molecule has 0 aromatic heterocycles. The molecule has 1 aliphatic carbocycles. The first kappa shape index (κ1) is 24.8. The molecule has 190 valence electrons. The molecule has 0 unspecified atom stereocenters. The topological polar surface area (TPSA) is 83.9 Å². The number of hydrogen-bond donors (Lipinski definition) is 1. The molecule has 0 saturated carbocycles. The molecule has 3 aromatic rings. The van der Waals surface area contributed by atoms with Crippen LogP contribution in [0.5, 0.6) is 0 Å². The van der Waals surface area contributed by atoms with Crippen LogP contribution in [0.15, 0.2) is 78.9 Å². The minimum Gasteiger partial charge on any atom is -0.481 e. The zero-order chi connectivity index (χ0) is 25.8. The van der Waals surface area contributed by atoms with Crippen LogP contribution in [0.1, 0.15) is 41.9 Å². The van der Waals surface area contributed by atoms with Crippen molar-refractivity contribution in [3.8, 4) is 11.1 Å². The number of aliphatic carboxylic acids is 1. The monoisotopic (exact) mass is 497 g/mol. The highest BCUT2D eigenvalue weighted by atomic mass is 16.6.